The highest BCUT2D eigenvalue weighted by atomic mass is 16.5. The van der Waals surface area contributed by atoms with Crippen molar-refractivity contribution in [3.8, 4) is 5.75 Å². The molecule has 0 saturated heterocycles. The fourth-order valence-corrected chi connectivity index (χ4v) is 2.37. The average Bonchev–Trinajstić information content (AvgIpc) is 2.52. The van der Waals surface area contributed by atoms with Crippen molar-refractivity contribution in [1.82, 2.24) is 4.90 Å². The fraction of sp³-hybridized carbons (Fsp3) is 0.294. The quantitative estimate of drug-likeness (QED) is 0.881. The van der Waals surface area contributed by atoms with Gasteiger partial charge < -0.3 is 14.7 Å². The minimum absolute atomic E-state index is 0.0683. The van der Waals surface area contributed by atoms with Crippen LogP contribution < -0.4 is 0 Å². The van der Waals surface area contributed by atoms with Gasteiger partial charge in [-0.1, -0.05) is 31.2 Å². The first-order valence-electron chi connectivity index (χ1n) is 6.99. The van der Waals surface area contributed by atoms with E-state index < -0.39 is 5.92 Å². The van der Waals surface area contributed by atoms with Crippen LogP contribution in [0.2, 0.25) is 0 Å². The summed E-state index contributed by atoms with van der Waals surface area (Å²) in [6.45, 7) is 1.91. The van der Waals surface area contributed by atoms with E-state index in [0.29, 0.717) is 0 Å². The van der Waals surface area contributed by atoms with Crippen LogP contribution in [0.4, 0.5) is 0 Å². The first kappa shape index (κ1) is 15.8. The maximum Gasteiger partial charge on any atom is 0.310 e. The second-order valence-corrected chi connectivity index (χ2v) is 5.33. The summed E-state index contributed by atoms with van der Waals surface area (Å²) in [6.07, 6.45) is 0. The van der Waals surface area contributed by atoms with Crippen LogP contribution in [0.3, 0.4) is 0 Å². The molecule has 1 amide bonds. The topological polar surface area (TPSA) is 66.8 Å². The smallest absolute Gasteiger partial charge is 0.310 e. The highest BCUT2D eigenvalue weighted by Gasteiger charge is 2.21. The van der Waals surface area contributed by atoms with Crippen LogP contribution in [0.15, 0.2) is 36.4 Å². The van der Waals surface area contributed by atoms with Crippen LogP contribution in [-0.4, -0.2) is 42.6 Å². The summed E-state index contributed by atoms with van der Waals surface area (Å²) in [7, 11) is 2.91. The molecule has 0 fully saturated rings. The van der Waals surface area contributed by atoms with Gasteiger partial charge in [-0.25, -0.2) is 0 Å². The molecule has 0 bridgehead atoms. The summed E-state index contributed by atoms with van der Waals surface area (Å²) in [5.74, 6) is -1.20. The molecule has 1 atom stereocenters. The third-order valence-electron chi connectivity index (χ3n) is 3.59. The van der Waals surface area contributed by atoms with E-state index in [1.807, 2.05) is 24.3 Å². The Morgan fingerprint density at radius 1 is 1.23 bits per heavy atom. The van der Waals surface area contributed by atoms with Crippen LogP contribution in [0, 0.1) is 5.92 Å². The van der Waals surface area contributed by atoms with Gasteiger partial charge in [0.1, 0.15) is 5.75 Å². The minimum atomic E-state index is -0.429. The summed E-state index contributed by atoms with van der Waals surface area (Å²) < 4.78 is 4.65. The van der Waals surface area contributed by atoms with E-state index in [9.17, 15) is 14.7 Å². The van der Waals surface area contributed by atoms with Crippen LogP contribution in [-0.2, 0) is 9.53 Å². The lowest BCUT2D eigenvalue weighted by Gasteiger charge is -2.21. The number of benzene rings is 2. The number of esters is 1. The number of hydrogen-bond acceptors (Lipinski definition) is 4. The molecule has 0 aliphatic carbocycles. The monoisotopic (exact) mass is 301 g/mol. The number of rotatable bonds is 4. The van der Waals surface area contributed by atoms with Crippen molar-refractivity contribution >= 4 is 22.6 Å². The zero-order valence-electron chi connectivity index (χ0n) is 12.9. The predicted octanol–water partition coefficient (Wildman–Crippen LogP) is 2.43. The molecule has 0 heterocycles. The number of methoxy groups -OCH3 is 1. The number of hydrogen-bond donors (Lipinski definition) is 1. The number of aromatic hydroxyl groups is 1. The Hall–Kier alpha value is -2.56. The van der Waals surface area contributed by atoms with E-state index >= 15 is 0 Å². The van der Waals surface area contributed by atoms with Crippen molar-refractivity contribution in [2.75, 3.05) is 20.7 Å². The summed E-state index contributed by atoms with van der Waals surface area (Å²) in [5, 5.41) is 11.8. The fourth-order valence-electron chi connectivity index (χ4n) is 2.37. The van der Waals surface area contributed by atoms with Gasteiger partial charge >= 0.3 is 5.97 Å². The van der Waals surface area contributed by atoms with Crippen LogP contribution in [0.5, 0.6) is 5.75 Å². The molecule has 0 saturated carbocycles. The number of fused-ring (bicyclic) bond motifs is 1. The Balaban J connectivity index is 2.25. The molecular weight excluding hydrogens is 282 g/mol. The minimum Gasteiger partial charge on any atom is -0.507 e. The van der Waals surface area contributed by atoms with Gasteiger partial charge in [0, 0.05) is 13.6 Å². The molecule has 0 aliphatic heterocycles. The zero-order chi connectivity index (χ0) is 16.3. The zero-order valence-corrected chi connectivity index (χ0v) is 12.9. The Bertz CT molecular complexity index is 711. The van der Waals surface area contributed by atoms with Crippen molar-refractivity contribution < 1.29 is 19.4 Å². The Morgan fingerprint density at radius 3 is 2.41 bits per heavy atom. The van der Waals surface area contributed by atoms with Gasteiger partial charge in [0.2, 0.25) is 0 Å². The van der Waals surface area contributed by atoms with Crippen molar-refractivity contribution in [1.29, 1.82) is 0 Å². The lowest BCUT2D eigenvalue weighted by molar-refractivity contribution is -0.145. The Kier molecular flexibility index (Phi) is 4.65. The van der Waals surface area contributed by atoms with Crippen LogP contribution >= 0.6 is 0 Å². The van der Waals surface area contributed by atoms with Crippen molar-refractivity contribution in [3.63, 3.8) is 0 Å². The lowest BCUT2D eigenvalue weighted by atomic mass is 10.0. The second-order valence-electron chi connectivity index (χ2n) is 5.33. The van der Waals surface area contributed by atoms with Gasteiger partial charge in [-0.2, -0.15) is 0 Å². The number of phenols is 1. The molecular formula is C17H19NO4. The molecule has 1 unspecified atom stereocenters. The van der Waals surface area contributed by atoms with Gasteiger partial charge in [0.15, 0.2) is 0 Å². The second kappa shape index (κ2) is 6.47. The van der Waals surface area contributed by atoms with E-state index in [1.165, 1.54) is 12.0 Å². The van der Waals surface area contributed by atoms with Crippen LogP contribution in [0.1, 0.15) is 17.3 Å². The summed E-state index contributed by atoms with van der Waals surface area (Å²) in [6, 6.07) is 10.7. The molecule has 2 rings (SSSR count). The molecule has 2 aromatic rings. The number of ether oxygens (including phenoxy) is 1. The largest absolute Gasteiger partial charge is 0.507 e. The molecule has 1 N–H and O–H groups in total. The van der Waals surface area contributed by atoms with E-state index in [2.05, 4.69) is 4.74 Å². The van der Waals surface area contributed by atoms with Gasteiger partial charge in [-0.15, -0.1) is 0 Å². The third kappa shape index (κ3) is 3.19. The normalized spacial score (nSPS) is 12.0. The van der Waals surface area contributed by atoms with Crippen molar-refractivity contribution in [3.05, 3.63) is 42.0 Å². The van der Waals surface area contributed by atoms with E-state index in [1.54, 1.807) is 26.1 Å². The average molecular weight is 301 g/mol. The molecule has 22 heavy (non-hydrogen) atoms. The van der Waals surface area contributed by atoms with Crippen molar-refractivity contribution in [2.45, 2.75) is 6.92 Å². The molecule has 5 nitrogen and oxygen atoms in total. The number of phenolic OH excluding ortho intramolecular Hbond substituents is 1. The SMILES string of the molecule is COC(=O)C(C)CN(C)C(=O)c1cc2ccccc2cc1O. The molecule has 5 heteroatoms. The summed E-state index contributed by atoms with van der Waals surface area (Å²) in [4.78, 5) is 25.3. The predicted molar refractivity (Wildman–Crippen MR) is 83.8 cm³/mol. The van der Waals surface area contributed by atoms with Gasteiger partial charge in [-0.3, -0.25) is 9.59 Å². The highest BCUT2D eigenvalue weighted by molar-refractivity contribution is 6.01. The van der Waals surface area contributed by atoms with Crippen molar-refractivity contribution in [2.24, 2.45) is 5.92 Å². The number of carbonyl (C=O) groups excluding carboxylic acids is 2. The van der Waals surface area contributed by atoms with Gasteiger partial charge in [-0.05, 0) is 22.9 Å². The lowest BCUT2D eigenvalue weighted by Crippen LogP contribution is -2.34. The first-order valence-corrected chi connectivity index (χ1v) is 6.99. The maximum absolute atomic E-state index is 12.5. The number of carbonyl (C=O) groups is 2. The standard InChI is InChI=1S/C17H19NO4/c1-11(17(21)22-3)10-18(2)16(20)14-8-12-6-4-5-7-13(12)9-15(14)19/h4-9,11,19H,10H2,1-3H3. The maximum atomic E-state index is 12.5. The number of amides is 1. The van der Waals surface area contributed by atoms with E-state index in [4.69, 9.17) is 0 Å². The third-order valence-corrected chi connectivity index (χ3v) is 3.59. The first-order chi connectivity index (χ1) is 10.4. The molecule has 116 valence electrons. The molecule has 0 aromatic heterocycles. The Morgan fingerprint density at radius 2 is 1.82 bits per heavy atom. The van der Waals surface area contributed by atoms with Crippen LogP contribution in [0.25, 0.3) is 10.8 Å². The highest BCUT2D eigenvalue weighted by Crippen LogP contribution is 2.26. The molecule has 0 radical (unpaired) electrons. The summed E-state index contributed by atoms with van der Waals surface area (Å²) in [5.41, 5.74) is 0.221. The summed E-state index contributed by atoms with van der Waals surface area (Å²) >= 11 is 0. The molecule has 0 aliphatic rings. The van der Waals surface area contributed by atoms with E-state index in [0.717, 1.165) is 10.8 Å². The van der Waals surface area contributed by atoms with E-state index in [-0.39, 0.29) is 29.7 Å². The van der Waals surface area contributed by atoms with Gasteiger partial charge in [0.05, 0.1) is 18.6 Å². The molecule has 0 spiro atoms. The Labute approximate surface area is 129 Å². The van der Waals surface area contributed by atoms with Gasteiger partial charge in [0.25, 0.3) is 5.91 Å². The molecule has 2 aromatic carbocycles. The number of nitrogens with zero attached hydrogens (tertiary/aromatic N) is 1.